The van der Waals surface area contributed by atoms with Gasteiger partial charge in [0.15, 0.2) is 5.76 Å². The Balaban J connectivity index is 1.41. The average molecular weight is 331 g/mol. The number of furan rings is 1. The van der Waals surface area contributed by atoms with Crippen LogP contribution in [0.4, 0.5) is 0 Å². The molecule has 0 unspecified atom stereocenters. The number of hydrogen-bond acceptors (Lipinski definition) is 6. The third kappa shape index (κ3) is 2.71. The molecule has 8 heteroatoms. The van der Waals surface area contributed by atoms with Gasteiger partial charge in [0.1, 0.15) is 5.76 Å². The van der Waals surface area contributed by atoms with Crippen molar-refractivity contribution in [2.45, 2.75) is 31.7 Å². The first-order valence-electron chi connectivity index (χ1n) is 8.15. The van der Waals surface area contributed by atoms with Gasteiger partial charge in [-0.25, -0.2) is 4.68 Å². The van der Waals surface area contributed by atoms with E-state index in [1.54, 1.807) is 26.4 Å². The summed E-state index contributed by atoms with van der Waals surface area (Å²) in [7, 11) is 3.43. The van der Waals surface area contributed by atoms with Crippen molar-refractivity contribution in [1.82, 2.24) is 24.8 Å². The fraction of sp³-hybridized carbons (Fsp3) is 0.562. The number of hydrogen-bond donors (Lipinski definition) is 0. The van der Waals surface area contributed by atoms with Crippen molar-refractivity contribution >= 4 is 5.91 Å². The molecule has 0 aliphatic carbocycles. The number of carbonyl (C=O) groups excluding carboxylic acids is 1. The van der Waals surface area contributed by atoms with Crippen LogP contribution in [-0.2, 0) is 17.9 Å². The van der Waals surface area contributed by atoms with Gasteiger partial charge in [-0.1, -0.05) is 5.21 Å². The molecule has 0 N–H and O–H groups in total. The summed E-state index contributed by atoms with van der Waals surface area (Å²) in [6, 6.07) is 3.87. The van der Waals surface area contributed by atoms with Gasteiger partial charge in [0.2, 0.25) is 0 Å². The van der Waals surface area contributed by atoms with E-state index in [0.717, 1.165) is 31.0 Å². The van der Waals surface area contributed by atoms with Crippen LogP contribution in [0.5, 0.6) is 0 Å². The summed E-state index contributed by atoms with van der Waals surface area (Å²) in [6.45, 7) is 2.99. The molecule has 0 saturated carbocycles. The van der Waals surface area contributed by atoms with E-state index in [1.165, 1.54) is 4.90 Å². The molecule has 2 atom stereocenters. The normalized spacial score (nSPS) is 23.6. The molecular formula is C16H21N5O3. The monoisotopic (exact) mass is 331 g/mol. The molecule has 0 bridgehead atoms. The second kappa shape index (κ2) is 6.03. The first-order chi connectivity index (χ1) is 11.6. The smallest absolute Gasteiger partial charge is 0.289 e. The lowest BCUT2D eigenvalue weighted by atomic mass is 10.00. The number of amides is 1. The highest BCUT2D eigenvalue weighted by Gasteiger charge is 2.36. The Kier molecular flexibility index (Phi) is 3.85. The van der Waals surface area contributed by atoms with Crippen LogP contribution in [0.25, 0.3) is 0 Å². The van der Waals surface area contributed by atoms with E-state index in [0.29, 0.717) is 18.9 Å². The standard InChI is InChI=1S/C16H21N5O3/c1-19(2)16(22)14-4-3-12(24-14)8-20-6-5-13-15(9-20)23-10-11-7-17-18-21(11)13/h3-4,7,13,15H,5-6,8-10H2,1-2H3/t13-,15-/m0/s1. The number of likely N-dealkylation sites (tertiary alicyclic amines) is 1. The van der Waals surface area contributed by atoms with Crippen LogP contribution >= 0.6 is 0 Å². The lowest BCUT2D eigenvalue weighted by Crippen LogP contribution is -2.48. The molecule has 4 rings (SSSR count). The lowest BCUT2D eigenvalue weighted by Gasteiger charge is -2.40. The molecule has 0 radical (unpaired) electrons. The van der Waals surface area contributed by atoms with Crippen molar-refractivity contribution in [3.8, 4) is 0 Å². The van der Waals surface area contributed by atoms with Crippen LogP contribution in [0.2, 0.25) is 0 Å². The molecule has 24 heavy (non-hydrogen) atoms. The average Bonchev–Trinajstić information content (AvgIpc) is 3.22. The summed E-state index contributed by atoms with van der Waals surface area (Å²) in [5.41, 5.74) is 1.04. The van der Waals surface area contributed by atoms with Crippen molar-refractivity contribution in [3.05, 3.63) is 35.5 Å². The van der Waals surface area contributed by atoms with Crippen LogP contribution < -0.4 is 0 Å². The fourth-order valence-electron chi connectivity index (χ4n) is 3.41. The molecule has 1 fully saturated rings. The van der Waals surface area contributed by atoms with Gasteiger partial charge in [-0.15, -0.1) is 5.10 Å². The number of carbonyl (C=O) groups is 1. The molecule has 2 aliphatic rings. The molecule has 2 aromatic rings. The highest BCUT2D eigenvalue weighted by molar-refractivity contribution is 5.91. The van der Waals surface area contributed by atoms with E-state index in [9.17, 15) is 4.79 Å². The minimum absolute atomic E-state index is 0.116. The number of ether oxygens (including phenoxy) is 1. The quantitative estimate of drug-likeness (QED) is 0.832. The molecule has 8 nitrogen and oxygen atoms in total. The summed E-state index contributed by atoms with van der Waals surface area (Å²) in [5, 5.41) is 8.18. The topological polar surface area (TPSA) is 76.6 Å². The van der Waals surface area contributed by atoms with Crippen molar-refractivity contribution in [2.24, 2.45) is 0 Å². The van der Waals surface area contributed by atoms with Crippen molar-refractivity contribution in [3.63, 3.8) is 0 Å². The Morgan fingerprint density at radius 3 is 3.12 bits per heavy atom. The predicted octanol–water partition coefficient (Wildman–Crippen LogP) is 0.919. The number of aromatic nitrogens is 3. The Morgan fingerprint density at radius 2 is 2.29 bits per heavy atom. The number of nitrogens with zero attached hydrogens (tertiary/aromatic N) is 5. The van der Waals surface area contributed by atoms with E-state index in [4.69, 9.17) is 9.15 Å². The van der Waals surface area contributed by atoms with E-state index >= 15 is 0 Å². The van der Waals surface area contributed by atoms with Crippen molar-refractivity contribution in [2.75, 3.05) is 27.2 Å². The van der Waals surface area contributed by atoms with E-state index in [1.807, 2.05) is 10.7 Å². The molecule has 1 amide bonds. The van der Waals surface area contributed by atoms with Crippen molar-refractivity contribution in [1.29, 1.82) is 0 Å². The first kappa shape index (κ1) is 15.3. The van der Waals surface area contributed by atoms with Gasteiger partial charge in [0, 0.05) is 27.2 Å². The Hall–Kier alpha value is -2.19. The second-order valence-corrected chi connectivity index (χ2v) is 6.58. The predicted molar refractivity (Wildman–Crippen MR) is 84.3 cm³/mol. The molecule has 128 valence electrons. The second-order valence-electron chi connectivity index (χ2n) is 6.58. The number of fused-ring (bicyclic) bond motifs is 3. The van der Waals surface area contributed by atoms with Gasteiger partial charge < -0.3 is 14.1 Å². The molecule has 2 aromatic heterocycles. The minimum atomic E-state index is -0.116. The molecule has 0 spiro atoms. The van der Waals surface area contributed by atoms with Gasteiger partial charge in [-0.3, -0.25) is 9.69 Å². The summed E-state index contributed by atoms with van der Waals surface area (Å²) in [6.07, 6.45) is 2.85. The third-order valence-corrected chi connectivity index (χ3v) is 4.67. The minimum Gasteiger partial charge on any atom is -0.455 e. The highest BCUT2D eigenvalue weighted by Crippen LogP contribution is 2.31. The summed E-state index contributed by atoms with van der Waals surface area (Å²) in [5.74, 6) is 1.07. The van der Waals surface area contributed by atoms with Crippen LogP contribution in [-0.4, -0.2) is 64.0 Å². The van der Waals surface area contributed by atoms with Crippen LogP contribution in [0.15, 0.2) is 22.7 Å². The molecule has 1 saturated heterocycles. The maximum Gasteiger partial charge on any atom is 0.289 e. The van der Waals surface area contributed by atoms with Crippen LogP contribution in [0.3, 0.4) is 0 Å². The maximum atomic E-state index is 11.9. The first-order valence-corrected chi connectivity index (χ1v) is 8.15. The molecular weight excluding hydrogens is 310 g/mol. The lowest BCUT2D eigenvalue weighted by molar-refractivity contribution is -0.0713. The SMILES string of the molecule is CN(C)C(=O)c1ccc(CN2CC[C@H]3[C@H](C2)OCc2cnnn23)o1. The van der Waals surface area contributed by atoms with Gasteiger partial charge in [0.05, 0.1) is 37.2 Å². The van der Waals surface area contributed by atoms with Crippen LogP contribution in [0.1, 0.15) is 34.5 Å². The summed E-state index contributed by atoms with van der Waals surface area (Å²) < 4.78 is 13.7. The van der Waals surface area contributed by atoms with E-state index in [2.05, 4.69) is 15.2 Å². The largest absolute Gasteiger partial charge is 0.455 e. The zero-order chi connectivity index (χ0) is 16.7. The zero-order valence-electron chi connectivity index (χ0n) is 13.9. The van der Waals surface area contributed by atoms with E-state index < -0.39 is 0 Å². The Morgan fingerprint density at radius 1 is 1.42 bits per heavy atom. The van der Waals surface area contributed by atoms with Crippen LogP contribution in [0, 0.1) is 0 Å². The van der Waals surface area contributed by atoms with Gasteiger partial charge >= 0.3 is 0 Å². The van der Waals surface area contributed by atoms with Crippen molar-refractivity contribution < 1.29 is 13.9 Å². The molecule has 0 aromatic carbocycles. The maximum absolute atomic E-state index is 11.9. The highest BCUT2D eigenvalue weighted by atomic mass is 16.5. The van der Waals surface area contributed by atoms with Gasteiger partial charge in [-0.2, -0.15) is 0 Å². The zero-order valence-corrected chi connectivity index (χ0v) is 13.9. The summed E-state index contributed by atoms with van der Waals surface area (Å²) in [4.78, 5) is 15.7. The number of rotatable bonds is 3. The van der Waals surface area contributed by atoms with E-state index in [-0.39, 0.29) is 18.1 Å². The van der Waals surface area contributed by atoms with Gasteiger partial charge in [0.25, 0.3) is 5.91 Å². The Labute approximate surface area is 140 Å². The van der Waals surface area contributed by atoms with Gasteiger partial charge in [-0.05, 0) is 18.6 Å². The Bertz CT molecular complexity index is 738. The molecule has 2 aliphatic heterocycles. The fourth-order valence-corrected chi connectivity index (χ4v) is 3.41. The number of piperidine rings is 1. The summed E-state index contributed by atoms with van der Waals surface area (Å²) >= 11 is 0. The third-order valence-electron chi connectivity index (χ3n) is 4.67. The molecule has 4 heterocycles.